The van der Waals surface area contributed by atoms with Gasteiger partial charge < -0.3 is 19.3 Å². The zero-order valence-corrected chi connectivity index (χ0v) is 16.8. The van der Waals surface area contributed by atoms with Gasteiger partial charge in [0.25, 0.3) is 0 Å². The molecule has 1 aliphatic rings. The highest BCUT2D eigenvalue weighted by atomic mass is 19.1. The minimum atomic E-state index is -1.03. The summed E-state index contributed by atoms with van der Waals surface area (Å²) in [5.41, 5.74) is 1.46. The van der Waals surface area contributed by atoms with E-state index in [1.807, 2.05) is 19.9 Å². The van der Waals surface area contributed by atoms with Crippen molar-refractivity contribution >= 4 is 5.97 Å². The Bertz CT molecular complexity index is 916. The number of hydrogen-bond acceptors (Lipinski definition) is 4. The first kappa shape index (κ1) is 20.9. The highest BCUT2D eigenvalue weighted by Gasteiger charge is 2.32. The second kappa shape index (κ2) is 7.89. The van der Waals surface area contributed by atoms with Crippen molar-refractivity contribution in [2.24, 2.45) is 5.92 Å². The SMILES string of the molecule is COc1cc(COc2c(F)cc(CC(C)C(=O)O)cc2F)c2c(c1)CC(C)(C)O2. The molecule has 29 heavy (non-hydrogen) atoms. The molecule has 0 saturated carbocycles. The molecule has 1 unspecified atom stereocenters. The molecule has 1 atom stereocenters. The van der Waals surface area contributed by atoms with Gasteiger partial charge in [0.1, 0.15) is 23.7 Å². The average Bonchev–Trinajstić information content (AvgIpc) is 2.94. The first-order valence-electron chi connectivity index (χ1n) is 9.32. The fourth-order valence-corrected chi connectivity index (χ4v) is 3.44. The molecule has 0 bridgehead atoms. The number of rotatable bonds is 7. The van der Waals surface area contributed by atoms with Gasteiger partial charge >= 0.3 is 5.97 Å². The Morgan fingerprint density at radius 1 is 1.24 bits per heavy atom. The fourth-order valence-electron chi connectivity index (χ4n) is 3.44. The summed E-state index contributed by atoms with van der Waals surface area (Å²) >= 11 is 0. The molecule has 5 nitrogen and oxygen atoms in total. The zero-order valence-electron chi connectivity index (χ0n) is 16.8. The van der Waals surface area contributed by atoms with E-state index >= 15 is 0 Å². The summed E-state index contributed by atoms with van der Waals surface area (Å²) in [6.07, 6.45) is 0.710. The summed E-state index contributed by atoms with van der Waals surface area (Å²) in [7, 11) is 1.55. The molecule has 1 aliphatic heterocycles. The number of hydrogen-bond donors (Lipinski definition) is 1. The lowest BCUT2D eigenvalue weighted by molar-refractivity contribution is -0.141. The highest BCUT2D eigenvalue weighted by molar-refractivity contribution is 5.69. The van der Waals surface area contributed by atoms with Crippen molar-refractivity contribution in [2.45, 2.75) is 45.8 Å². The minimum Gasteiger partial charge on any atom is -0.497 e. The number of fused-ring (bicyclic) bond motifs is 1. The van der Waals surface area contributed by atoms with E-state index in [0.29, 0.717) is 23.5 Å². The van der Waals surface area contributed by atoms with E-state index < -0.39 is 29.3 Å². The van der Waals surface area contributed by atoms with Crippen LogP contribution in [-0.2, 0) is 24.2 Å². The second-order valence-electron chi connectivity index (χ2n) is 7.93. The molecule has 3 rings (SSSR count). The van der Waals surface area contributed by atoms with Gasteiger partial charge in [-0.2, -0.15) is 0 Å². The summed E-state index contributed by atoms with van der Waals surface area (Å²) in [4.78, 5) is 11.0. The van der Waals surface area contributed by atoms with Gasteiger partial charge in [-0.15, -0.1) is 0 Å². The van der Waals surface area contributed by atoms with Crippen LogP contribution < -0.4 is 14.2 Å². The third kappa shape index (κ3) is 4.60. The van der Waals surface area contributed by atoms with E-state index in [-0.39, 0.29) is 24.2 Å². The smallest absolute Gasteiger partial charge is 0.306 e. The number of carboxylic acid groups (broad SMARTS) is 1. The van der Waals surface area contributed by atoms with Gasteiger partial charge in [-0.1, -0.05) is 6.92 Å². The van der Waals surface area contributed by atoms with E-state index in [1.54, 1.807) is 13.2 Å². The first-order valence-corrected chi connectivity index (χ1v) is 9.32. The maximum absolute atomic E-state index is 14.4. The Hall–Kier alpha value is -2.83. The maximum atomic E-state index is 14.4. The maximum Gasteiger partial charge on any atom is 0.306 e. The molecular formula is C22H24F2O5. The summed E-state index contributed by atoms with van der Waals surface area (Å²) in [5, 5.41) is 8.97. The molecule has 0 aromatic heterocycles. The average molecular weight is 406 g/mol. The van der Waals surface area contributed by atoms with Crippen LogP contribution in [0.3, 0.4) is 0 Å². The van der Waals surface area contributed by atoms with Gasteiger partial charge in [-0.3, -0.25) is 4.79 Å². The molecule has 0 saturated heterocycles. The van der Waals surface area contributed by atoms with Gasteiger partial charge in [-0.05, 0) is 50.1 Å². The van der Waals surface area contributed by atoms with Crippen molar-refractivity contribution in [3.05, 3.63) is 52.6 Å². The van der Waals surface area contributed by atoms with Crippen LogP contribution in [0.5, 0.6) is 17.2 Å². The van der Waals surface area contributed by atoms with Gasteiger partial charge in [-0.25, -0.2) is 8.78 Å². The van der Waals surface area contributed by atoms with E-state index in [4.69, 9.17) is 19.3 Å². The van der Waals surface area contributed by atoms with Gasteiger partial charge in [0.05, 0.1) is 13.0 Å². The Morgan fingerprint density at radius 3 is 2.48 bits per heavy atom. The third-order valence-electron chi connectivity index (χ3n) is 4.84. The molecule has 7 heteroatoms. The third-order valence-corrected chi connectivity index (χ3v) is 4.84. The number of ether oxygens (including phenoxy) is 3. The molecule has 0 fully saturated rings. The van der Waals surface area contributed by atoms with E-state index in [0.717, 1.165) is 17.7 Å². The summed E-state index contributed by atoms with van der Waals surface area (Å²) < 4.78 is 45.6. The largest absolute Gasteiger partial charge is 0.497 e. The van der Waals surface area contributed by atoms with E-state index in [1.165, 1.54) is 6.92 Å². The zero-order chi connectivity index (χ0) is 21.3. The number of methoxy groups -OCH3 is 1. The van der Waals surface area contributed by atoms with Crippen LogP contribution in [-0.4, -0.2) is 23.8 Å². The van der Waals surface area contributed by atoms with Crippen molar-refractivity contribution in [3.63, 3.8) is 0 Å². The standard InChI is InChI=1S/C22H24F2O5/c1-12(21(25)26)5-13-6-17(23)20(18(24)7-13)28-11-15-9-16(27-4)8-14-10-22(2,3)29-19(14)15/h6-9,12H,5,10-11H2,1-4H3,(H,25,26). The topological polar surface area (TPSA) is 65.0 Å². The minimum absolute atomic E-state index is 0.0236. The quantitative estimate of drug-likeness (QED) is 0.732. The Kier molecular flexibility index (Phi) is 5.68. The van der Waals surface area contributed by atoms with Crippen molar-refractivity contribution in [3.8, 4) is 17.2 Å². The normalized spacial score (nSPS) is 15.4. The molecule has 0 spiro atoms. The number of carboxylic acids is 1. The van der Waals surface area contributed by atoms with Crippen LogP contribution in [0, 0.1) is 17.6 Å². The molecule has 0 amide bonds. The lowest BCUT2D eigenvalue weighted by atomic mass is 10.00. The molecular weight excluding hydrogens is 382 g/mol. The van der Waals surface area contributed by atoms with Crippen LogP contribution >= 0.6 is 0 Å². The molecule has 0 radical (unpaired) electrons. The molecule has 2 aromatic rings. The number of carbonyl (C=O) groups is 1. The predicted molar refractivity (Wildman–Crippen MR) is 103 cm³/mol. The molecule has 1 N–H and O–H groups in total. The predicted octanol–water partition coefficient (Wildman–Crippen LogP) is 4.53. The van der Waals surface area contributed by atoms with Crippen LogP contribution in [0.15, 0.2) is 24.3 Å². The Balaban J connectivity index is 1.82. The number of benzene rings is 2. The Labute approximate surface area is 168 Å². The van der Waals surface area contributed by atoms with Gasteiger partial charge in [0.15, 0.2) is 17.4 Å². The summed E-state index contributed by atoms with van der Waals surface area (Å²) in [5.74, 6) is -2.78. The molecule has 2 aromatic carbocycles. The second-order valence-corrected chi connectivity index (χ2v) is 7.93. The highest BCUT2D eigenvalue weighted by Crippen LogP contribution is 2.41. The van der Waals surface area contributed by atoms with Crippen molar-refractivity contribution in [1.82, 2.24) is 0 Å². The van der Waals surface area contributed by atoms with Crippen LogP contribution in [0.4, 0.5) is 8.78 Å². The Morgan fingerprint density at radius 2 is 1.90 bits per heavy atom. The van der Waals surface area contributed by atoms with Crippen LogP contribution in [0.25, 0.3) is 0 Å². The van der Waals surface area contributed by atoms with E-state index in [2.05, 4.69) is 0 Å². The summed E-state index contributed by atoms with van der Waals surface area (Å²) in [6.45, 7) is 5.29. The molecule has 1 heterocycles. The van der Waals surface area contributed by atoms with Crippen LogP contribution in [0.1, 0.15) is 37.5 Å². The lowest BCUT2D eigenvalue weighted by Gasteiger charge is -2.18. The first-order chi connectivity index (χ1) is 13.6. The van der Waals surface area contributed by atoms with Crippen LogP contribution in [0.2, 0.25) is 0 Å². The summed E-state index contributed by atoms with van der Waals surface area (Å²) in [6, 6.07) is 5.81. The van der Waals surface area contributed by atoms with Crippen molar-refractivity contribution < 1.29 is 32.9 Å². The monoisotopic (exact) mass is 406 g/mol. The van der Waals surface area contributed by atoms with E-state index in [9.17, 15) is 13.6 Å². The van der Waals surface area contributed by atoms with Crippen molar-refractivity contribution in [1.29, 1.82) is 0 Å². The van der Waals surface area contributed by atoms with Gasteiger partial charge in [0.2, 0.25) is 0 Å². The number of halogens is 2. The molecule has 156 valence electrons. The van der Waals surface area contributed by atoms with Crippen molar-refractivity contribution in [2.75, 3.05) is 7.11 Å². The lowest BCUT2D eigenvalue weighted by Crippen LogP contribution is -2.25. The fraction of sp³-hybridized carbons (Fsp3) is 0.409. The number of aliphatic carboxylic acids is 1. The van der Waals surface area contributed by atoms with Gasteiger partial charge in [0, 0.05) is 17.5 Å². The molecule has 0 aliphatic carbocycles.